The fourth-order valence-electron chi connectivity index (χ4n) is 12.4. The van der Waals surface area contributed by atoms with Gasteiger partial charge in [-0.05, 0) is 128 Å². The number of methoxy groups -OCH3 is 1. The summed E-state index contributed by atoms with van der Waals surface area (Å²) in [6.07, 6.45) is 11.7. The molecule has 0 N–H and O–H groups in total. The van der Waals surface area contributed by atoms with Gasteiger partial charge in [0.1, 0.15) is 0 Å². The van der Waals surface area contributed by atoms with Crippen molar-refractivity contribution < 1.29 is 14.3 Å². The molecule has 0 bridgehead atoms. The van der Waals surface area contributed by atoms with Crippen molar-refractivity contribution in [1.29, 1.82) is 0 Å². The van der Waals surface area contributed by atoms with E-state index in [9.17, 15) is 9.59 Å². The monoisotopic (exact) mass is 556 g/mol. The third-order valence-electron chi connectivity index (χ3n) is 14.4. The van der Waals surface area contributed by atoms with E-state index in [1.807, 2.05) is 6.07 Å². The predicted octanol–water partition coefficient (Wildman–Crippen LogP) is 9.08. The minimum absolute atomic E-state index is 0.0273. The van der Waals surface area contributed by atoms with Gasteiger partial charge in [0.2, 0.25) is 0 Å². The number of carbonyl (C=O) groups is 2. The van der Waals surface area contributed by atoms with Crippen LogP contribution in [0.5, 0.6) is 0 Å². The van der Waals surface area contributed by atoms with Crippen LogP contribution in [0.15, 0.2) is 48.1 Å². The number of rotatable bonds is 3. The number of fused-ring (bicyclic) bond motifs is 7. The summed E-state index contributed by atoms with van der Waals surface area (Å²) in [5.74, 6) is 2.55. The Kier molecular flexibility index (Phi) is 6.65. The van der Waals surface area contributed by atoms with E-state index < -0.39 is 0 Å². The quantitative estimate of drug-likeness (QED) is 0.212. The second-order valence-corrected chi connectivity index (χ2v) is 16.1. The van der Waals surface area contributed by atoms with Crippen molar-refractivity contribution in [3.05, 3.63) is 53.6 Å². The van der Waals surface area contributed by atoms with Gasteiger partial charge in [0.15, 0.2) is 5.78 Å². The van der Waals surface area contributed by atoms with Crippen LogP contribution in [-0.2, 0) is 14.3 Å². The molecule has 0 spiro atoms. The van der Waals surface area contributed by atoms with Crippen LogP contribution < -0.4 is 0 Å². The van der Waals surface area contributed by atoms with Crippen LogP contribution in [0.4, 0.5) is 0 Å². The average Bonchev–Trinajstić information content (AvgIpc) is 3.33. The fraction of sp³-hybridized carbons (Fsp3) is 0.684. The molecule has 0 heterocycles. The van der Waals surface area contributed by atoms with Gasteiger partial charge in [-0.15, -0.1) is 0 Å². The summed E-state index contributed by atoms with van der Waals surface area (Å²) in [4.78, 5) is 27.5. The zero-order valence-electron chi connectivity index (χ0n) is 26.6. The molecule has 0 amide bonds. The van der Waals surface area contributed by atoms with E-state index in [1.54, 1.807) is 7.11 Å². The van der Waals surface area contributed by atoms with Crippen molar-refractivity contribution in [1.82, 2.24) is 0 Å². The maximum atomic E-state index is 14.0. The number of ketones is 1. The van der Waals surface area contributed by atoms with Gasteiger partial charge in [-0.3, -0.25) is 9.59 Å². The molecule has 5 saturated carbocycles. The first-order chi connectivity index (χ1) is 19.3. The van der Waals surface area contributed by atoms with Gasteiger partial charge < -0.3 is 4.74 Å². The van der Waals surface area contributed by atoms with Crippen LogP contribution >= 0.6 is 0 Å². The Labute approximate surface area is 248 Å². The summed E-state index contributed by atoms with van der Waals surface area (Å²) in [6, 6.07) is 10.4. The Morgan fingerprint density at radius 3 is 2.27 bits per heavy atom. The van der Waals surface area contributed by atoms with Crippen molar-refractivity contribution in [2.24, 2.45) is 56.7 Å². The normalized spacial score (nSPS) is 45.7. The summed E-state index contributed by atoms with van der Waals surface area (Å²) in [5, 5.41) is 0. The third-order valence-corrected chi connectivity index (χ3v) is 14.4. The first-order valence-corrected chi connectivity index (χ1v) is 16.3. The number of ether oxygens (including phenoxy) is 1. The van der Waals surface area contributed by atoms with Crippen molar-refractivity contribution in [3.63, 3.8) is 0 Å². The number of Topliss-reactive ketones (excluding diaryl/α,β-unsaturated/α-hetero) is 1. The molecule has 0 saturated heterocycles. The van der Waals surface area contributed by atoms with E-state index in [2.05, 4.69) is 78.5 Å². The highest BCUT2D eigenvalue weighted by Crippen LogP contribution is 2.77. The van der Waals surface area contributed by atoms with Crippen LogP contribution in [-0.4, -0.2) is 18.9 Å². The lowest BCUT2D eigenvalue weighted by atomic mass is 9.32. The molecule has 5 aliphatic carbocycles. The smallest absolute Gasteiger partial charge is 0.312 e. The average molecular weight is 557 g/mol. The molecule has 0 aromatic heterocycles. The summed E-state index contributed by atoms with van der Waals surface area (Å²) < 4.78 is 5.54. The second kappa shape index (κ2) is 9.42. The Bertz CT molecular complexity index is 1290. The molecule has 5 aliphatic rings. The maximum absolute atomic E-state index is 14.0. The Hall–Kier alpha value is -2.16. The second-order valence-electron chi connectivity index (χ2n) is 16.1. The zero-order valence-corrected chi connectivity index (χ0v) is 26.6. The molecule has 222 valence electrons. The fourth-order valence-corrected chi connectivity index (χ4v) is 12.4. The van der Waals surface area contributed by atoms with Crippen LogP contribution in [0.3, 0.4) is 0 Å². The van der Waals surface area contributed by atoms with Gasteiger partial charge in [0.25, 0.3) is 0 Å². The minimum atomic E-state index is -0.365. The van der Waals surface area contributed by atoms with Gasteiger partial charge in [-0.1, -0.05) is 77.1 Å². The molecule has 6 rings (SSSR count). The molecular weight excluding hydrogens is 504 g/mol. The highest BCUT2D eigenvalue weighted by Gasteiger charge is 2.72. The molecule has 9 atom stereocenters. The predicted molar refractivity (Wildman–Crippen MR) is 166 cm³/mol. The highest BCUT2D eigenvalue weighted by atomic mass is 16.5. The maximum Gasteiger partial charge on any atom is 0.312 e. The molecule has 3 nitrogen and oxygen atoms in total. The van der Waals surface area contributed by atoms with E-state index in [-0.39, 0.29) is 33.0 Å². The molecule has 1 aromatic carbocycles. The lowest BCUT2D eigenvalue weighted by Gasteiger charge is -2.72. The molecule has 1 aromatic rings. The minimum Gasteiger partial charge on any atom is -0.469 e. The number of benzene rings is 1. The van der Waals surface area contributed by atoms with Gasteiger partial charge in [-0.25, -0.2) is 0 Å². The first-order valence-electron chi connectivity index (χ1n) is 16.3. The Morgan fingerprint density at radius 2 is 1.61 bits per heavy atom. The third kappa shape index (κ3) is 3.75. The number of carbonyl (C=O) groups excluding carboxylic acids is 2. The lowest BCUT2D eigenvalue weighted by molar-refractivity contribution is -0.232. The largest absolute Gasteiger partial charge is 0.469 e. The number of esters is 1. The lowest BCUT2D eigenvalue weighted by Crippen LogP contribution is -2.67. The summed E-state index contributed by atoms with van der Waals surface area (Å²) in [6.45, 7) is 18.9. The molecule has 5 fully saturated rings. The number of hydrogen-bond acceptors (Lipinski definition) is 3. The zero-order chi connectivity index (χ0) is 29.6. The van der Waals surface area contributed by atoms with Crippen molar-refractivity contribution in [2.45, 2.75) is 99.3 Å². The van der Waals surface area contributed by atoms with Gasteiger partial charge in [0, 0.05) is 5.41 Å². The Morgan fingerprint density at radius 1 is 0.902 bits per heavy atom. The van der Waals surface area contributed by atoms with Crippen LogP contribution in [0.25, 0.3) is 6.08 Å². The molecule has 3 heteroatoms. The van der Waals surface area contributed by atoms with Gasteiger partial charge in [-0.2, -0.15) is 0 Å². The standard InChI is InChI=1S/C38H52O3/c1-24(2)27-16-19-38(33(40)41-8)21-20-36(6)28(31(27)38)14-15-30-35(5)23-26(22-25-12-10-9-11-13-25)32(39)34(3,4)29(35)17-18-37(30,36)7/h9-13,22,27-31H,1,14-21,23H2,2-8H3. The topological polar surface area (TPSA) is 43.4 Å². The van der Waals surface area contributed by atoms with Crippen molar-refractivity contribution >= 4 is 17.8 Å². The van der Waals surface area contributed by atoms with E-state index >= 15 is 0 Å². The molecular formula is C38H52O3. The van der Waals surface area contributed by atoms with E-state index in [0.29, 0.717) is 35.4 Å². The SMILES string of the molecule is C=C(C)C1CCC2(C(=O)OC)CCC3(C)C(CCC4C5(C)CC(=Cc6ccccc6)C(=O)C(C)(C)C5CCC43C)C12. The van der Waals surface area contributed by atoms with Crippen LogP contribution in [0.1, 0.15) is 105 Å². The van der Waals surface area contributed by atoms with Gasteiger partial charge in [0.05, 0.1) is 12.5 Å². The van der Waals surface area contributed by atoms with E-state index in [4.69, 9.17) is 4.74 Å². The number of allylic oxidation sites excluding steroid dienone is 2. The van der Waals surface area contributed by atoms with Crippen LogP contribution in [0, 0.1) is 56.7 Å². The summed E-state index contributed by atoms with van der Waals surface area (Å²) in [7, 11) is 1.59. The molecule has 0 aliphatic heterocycles. The highest BCUT2D eigenvalue weighted by molar-refractivity contribution is 6.04. The first kappa shape index (κ1) is 28.9. The number of hydrogen-bond donors (Lipinski definition) is 0. The van der Waals surface area contributed by atoms with Crippen molar-refractivity contribution in [3.8, 4) is 0 Å². The summed E-state index contributed by atoms with van der Waals surface area (Å²) in [5.41, 5.74) is 3.06. The van der Waals surface area contributed by atoms with E-state index in [1.165, 1.54) is 24.8 Å². The van der Waals surface area contributed by atoms with Crippen LogP contribution in [0.2, 0.25) is 0 Å². The molecule has 0 radical (unpaired) electrons. The molecule has 9 unspecified atom stereocenters. The van der Waals surface area contributed by atoms with Gasteiger partial charge >= 0.3 is 5.97 Å². The van der Waals surface area contributed by atoms with Crippen molar-refractivity contribution in [2.75, 3.05) is 7.11 Å². The summed E-state index contributed by atoms with van der Waals surface area (Å²) >= 11 is 0. The molecule has 41 heavy (non-hydrogen) atoms. The Balaban J connectivity index is 1.42. The van der Waals surface area contributed by atoms with E-state index in [0.717, 1.165) is 49.7 Å².